The van der Waals surface area contributed by atoms with Crippen LogP contribution in [0.5, 0.6) is 0 Å². The number of carboxylic acid groups (broad SMARTS) is 1. The van der Waals surface area contributed by atoms with Crippen molar-refractivity contribution in [3.05, 3.63) is 35.4 Å². The number of rotatable bonds is 4. The Morgan fingerprint density at radius 2 is 1.87 bits per heavy atom. The molecule has 1 atom stereocenters. The summed E-state index contributed by atoms with van der Waals surface area (Å²) in [5.74, 6) is -1.17. The first kappa shape index (κ1) is 11.7. The summed E-state index contributed by atoms with van der Waals surface area (Å²) in [6, 6.07) is 7.86. The van der Waals surface area contributed by atoms with Crippen LogP contribution in [0.3, 0.4) is 0 Å². The van der Waals surface area contributed by atoms with Gasteiger partial charge in [-0.1, -0.05) is 29.8 Å². The first-order valence-corrected chi connectivity index (χ1v) is 4.93. The molecule has 1 aromatic carbocycles. The van der Waals surface area contributed by atoms with Gasteiger partial charge in [-0.3, -0.25) is 0 Å². The Morgan fingerprint density at radius 1 is 1.33 bits per heavy atom. The molecule has 3 nitrogen and oxygen atoms in total. The summed E-state index contributed by atoms with van der Waals surface area (Å²) in [7, 11) is 0. The van der Waals surface area contributed by atoms with Gasteiger partial charge >= 0.3 is 5.97 Å². The minimum absolute atomic E-state index is 0.228. The highest BCUT2D eigenvalue weighted by Crippen LogP contribution is 2.14. The molecule has 0 amide bonds. The van der Waals surface area contributed by atoms with E-state index in [1.165, 1.54) is 12.5 Å². The first-order chi connectivity index (χ1) is 6.92. The molecule has 2 N–H and O–H groups in total. The number of aliphatic carboxylic acids is 1. The number of carboxylic acids is 1. The van der Waals surface area contributed by atoms with Gasteiger partial charge in [-0.25, -0.2) is 4.79 Å². The fourth-order valence-corrected chi connectivity index (χ4v) is 1.25. The number of hydrogen-bond acceptors (Lipinski definition) is 2. The molecule has 0 bridgehead atoms. The maximum Gasteiger partial charge on any atom is 0.335 e. The van der Waals surface area contributed by atoms with E-state index >= 15 is 0 Å². The predicted octanol–water partition coefficient (Wildman–Crippen LogP) is 1.76. The average molecular weight is 208 g/mol. The fourth-order valence-electron chi connectivity index (χ4n) is 1.25. The Bertz CT molecular complexity index is 338. The maximum absolute atomic E-state index is 10.6. The van der Waals surface area contributed by atoms with E-state index in [0.29, 0.717) is 6.42 Å². The maximum atomic E-state index is 10.6. The van der Waals surface area contributed by atoms with Crippen molar-refractivity contribution in [2.24, 2.45) is 0 Å². The molecule has 15 heavy (non-hydrogen) atoms. The van der Waals surface area contributed by atoms with Crippen molar-refractivity contribution in [2.75, 3.05) is 0 Å². The van der Waals surface area contributed by atoms with Gasteiger partial charge < -0.3 is 10.2 Å². The average Bonchev–Trinajstić information content (AvgIpc) is 2.17. The highest BCUT2D eigenvalue weighted by atomic mass is 16.4. The van der Waals surface area contributed by atoms with Crippen molar-refractivity contribution in [2.45, 2.75) is 32.3 Å². The normalized spacial score (nSPS) is 14.6. The summed E-state index contributed by atoms with van der Waals surface area (Å²) in [6.45, 7) is 3.32. The Morgan fingerprint density at radius 3 is 2.33 bits per heavy atom. The first-order valence-electron chi connectivity index (χ1n) is 4.93. The minimum Gasteiger partial charge on any atom is -0.479 e. The van der Waals surface area contributed by atoms with Crippen LogP contribution in [0.15, 0.2) is 24.3 Å². The van der Waals surface area contributed by atoms with Crippen molar-refractivity contribution in [3.63, 3.8) is 0 Å². The molecule has 0 aliphatic rings. The standard InChI is InChI=1S/C12H16O3/c1-9-3-5-10(6-4-9)7-8-12(2,15)11(13)14/h3-6,15H,7-8H2,1-2H3,(H,13,14). The SMILES string of the molecule is Cc1ccc(CCC(C)(O)C(=O)O)cc1. The van der Waals surface area contributed by atoms with Gasteiger partial charge in [0.2, 0.25) is 0 Å². The van der Waals surface area contributed by atoms with E-state index in [-0.39, 0.29) is 6.42 Å². The summed E-state index contributed by atoms with van der Waals surface area (Å²) < 4.78 is 0. The van der Waals surface area contributed by atoms with E-state index in [9.17, 15) is 9.90 Å². The van der Waals surface area contributed by atoms with E-state index in [1.54, 1.807) is 0 Å². The van der Waals surface area contributed by atoms with E-state index in [4.69, 9.17) is 5.11 Å². The third-order valence-electron chi connectivity index (χ3n) is 2.48. The topological polar surface area (TPSA) is 57.5 Å². The van der Waals surface area contributed by atoms with Crippen LogP contribution in [0.4, 0.5) is 0 Å². The summed E-state index contributed by atoms with van der Waals surface area (Å²) in [5, 5.41) is 18.2. The Hall–Kier alpha value is -1.35. The molecule has 1 unspecified atom stereocenters. The van der Waals surface area contributed by atoms with Crippen molar-refractivity contribution in [1.82, 2.24) is 0 Å². The molecule has 82 valence electrons. The van der Waals surface area contributed by atoms with E-state index < -0.39 is 11.6 Å². The zero-order chi connectivity index (χ0) is 11.5. The Kier molecular flexibility index (Phi) is 3.48. The van der Waals surface area contributed by atoms with Gasteiger partial charge in [0.25, 0.3) is 0 Å². The molecule has 0 aromatic heterocycles. The molecule has 0 aliphatic carbocycles. The van der Waals surface area contributed by atoms with Gasteiger partial charge in [0, 0.05) is 0 Å². The molecular weight excluding hydrogens is 192 g/mol. The second-order valence-electron chi connectivity index (χ2n) is 4.06. The molecule has 0 saturated carbocycles. The summed E-state index contributed by atoms with van der Waals surface area (Å²) in [6.07, 6.45) is 0.797. The van der Waals surface area contributed by atoms with Crippen LogP contribution in [-0.2, 0) is 11.2 Å². The highest BCUT2D eigenvalue weighted by molar-refractivity contribution is 5.76. The Labute approximate surface area is 89.4 Å². The van der Waals surface area contributed by atoms with Crippen molar-refractivity contribution < 1.29 is 15.0 Å². The number of carbonyl (C=O) groups is 1. The Balaban J connectivity index is 2.57. The molecule has 0 saturated heterocycles. The van der Waals surface area contributed by atoms with Crippen LogP contribution in [0, 0.1) is 6.92 Å². The minimum atomic E-state index is -1.63. The fraction of sp³-hybridized carbons (Fsp3) is 0.417. The van der Waals surface area contributed by atoms with Gasteiger partial charge in [0.15, 0.2) is 5.60 Å². The van der Waals surface area contributed by atoms with E-state index in [2.05, 4.69) is 0 Å². The van der Waals surface area contributed by atoms with Gasteiger partial charge in [-0.05, 0) is 32.3 Å². The van der Waals surface area contributed by atoms with Gasteiger partial charge in [0.1, 0.15) is 0 Å². The van der Waals surface area contributed by atoms with Crippen LogP contribution >= 0.6 is 0 Å². The lowest BCUT2D eigenvalue weighted by Gasteiger charge is -2.17. The summed E-state index contributed by atoms with van der Waals surface area (Å²) >= 11 is 0. The third-order valence-corrected chi connectivity index (χ3v) is 2.48. The molecule has 3 heteroatoms. The molecule has 1 aromatic rings. The second-order valence-corrected chi connectivity index (χ2v) is 4.06. The molecule has 0 fully saturated rings. The van der Waals surface area contributed by atoms with Crippen LogP contribution in [-0.4, -0.2) is 21.8 Å². The number of aryl methyl sites for hydroxylation is 2. The number of hydrogen-bond donors (Lipinski definition) is 2. The smallest absolute Gasteiger partial charge is 0.335 e. The van der Waals surface area contributed by atoms with E-state index in [1.807, 2.05) is 31.2 Å². The van der Waals surface area contributed by atoms with E-state index in [0.717, 1.165) is 5.56 Å². The van der Waals surface area contributed by atoms with Crippen molar-refractivity contribution >= 4 is 5.97 Å². The molecule has 1 rings (SSSR count). The van der Waals surface area contributed by atoms with Crippen LogP contribution < -0.4 is 0 Å². The molecule has 0 radical (unpaired) electrons. The molecule has 0 spiro atoms. The third kappa shape index (κ3) is 3.36. The molecule has 0 heterocycles. The van der Waals surface area contributed by atoms with Crippen LogP contribution in [0.25, 0.3) is 0 Å². The van der Waals surface area contributed by atoms with Gasteiger partial charge in [0.05, 0.1) is 0 Å². The second kappa shape index (κ2) is 4.45. The monoisotopic (exact) mass is 208 g/mol. The van der Waals surface area contributed by atoms with Crippen LogP contribution in [0.1, 0.15) is 24.5 Å². The lowest BCUT2D eigenvalue weighted by atomic mass is 9.97. The zero-order valence-corrected chi connectivity index (χ0v) is 9.03. The predicted molar refractivity (Wildman–Crippen MR) is 57.8 cm³/mol. The van der Waals surface area contributed by atoms with Crippen molar-refractivity contribution in [1.29, 1.82) is 0 Å². The highest BCUT2D eigenvalue weighted by Gasteiger charge is 2.28. The van der Waals surface area contributed by atoms with Crippen LogP contribution in [0.2, 0.25) is 0 Å². The number of aliphatic hydroxyl groups is 1. The molecular formula is C12H16O3. The lowest BCUT2D eigenvalue weighted by molar-refractivity contribution is -0.157. The quantitative estimate of drug-likeness (QED) is 0.792. The lowest BCUT2D eigenvalue weighted by Crippen LogP contribution is -2.35. The van der Waals surface area contributed by atoms with Crippen molar-refractivity contribution in [3.8, 4) is 0 Å². The summed E-state index contributed by atoms with van der Waals surface area (Å²) in [4.78, 5) is 10.6. The summed E-state index contributed by atoms with van der Waals surface area (Å²) in [5.41, 5.74) is 0.580. The molecule has 0 aliphatic heterocycles. The largest absolute Gasteiger partial charge is 0.479 e. The zero-order valence-electron chi connectivity index (χ0n) is 9.03. The van der Waals surface area contributed by atoms with Gasteiger partial charge in [-0.15, -0.1) is 0 Å². The number of benzene rings is 1. The van der Waals surface area contributed by atoms with Gasteiger partial charge in [-0.2, -0.15) is 0 Å².